The standard InChI is InChI=1S/C15H28N2OS/c1-11(2)7-15(6,18)10-16-8-13-17-12(9-19-13)14(3,4)5/h9,11,16,18H,7-8,10H2,1-6H3. The molecule has 1 aromatic rings. The molecule has 0 saturated carbocycles. The molecule has 0 aliphatic heterocycles. The van der Waals surface area contributed by atoms with E-state index in [9.17, 15) is 5.11 Å². The summed E-state index contributed by atoms with van der Waals surface area (Å²) in [5.41, 5.74) is 0.610. The lowest BCUT2D eigenvalue weighted by Gasteiger charge is -2.25. The molecule has 1 heterocycles. The molecule has 110 valence electrons. The molecule has 1 unspecified atom stereocenters. The van der Waals surface area contributed by atoms with Crippen molar-refractivity contribution in [3.05, 3.63) is 16.1 Å². The molecular formula is C15H28N2OS. The van der Waals surface area contributed by atoms with E-state index >= 15 is 0 Å². The highest BCUT2D eigenvalue weighted by Crippen LogP contribution is 2.24. The van der Waals surface area contributed by atoms with Crippen molar-refractivity contribution in [1.29, 1.82) is 0 Å². The van der Waals surface area contributed by atoms with Crippen molar-refractivity contribution in [1.82, 2.24) is 10.3 Å². The van der Waals surface area contributed by atoms with E-state index in [1.165, 1.54) is 0 Å². The van der Waals surface area contributed by atoms with Crippen molar-refractivity contribution in [2.45, 2.75) is 65.5 Å². The minimum Gasteiger partial charge on any atom is -0.389 e. The van der Waals surface area contributed by atoms with Gasteiger partial charge in [-0.3, -0.25) is 0 Å². The van der Waals surface area contributed by atoms with E-state index in [-0.39, 0.29) is 5.41 Å². The van der Waals surface area contributed by atoms with E-state index in [0.717, 1.165) is 23.7 Å². The van der Waals surface area contributed by atoms with Crippen molar-refractivity contribution in [3.63, 3.8) is 0 Å². The van der Waals surface area contributed by atoms with Gasteiger partial charge in [0.15, 0.2) is 0 Å². The van der Waals surface area contributed by atoms with E-state index in [1.807, 2.05) is 6.92 Å². The third-order valence-corrected chi connectivity index (χ3v) is 3.80. The Morgan fingerprint density at radius 3 is 2.42 bits per heavy atom. The van der Waals surface area contributed by atoms with Gasteiger partial charge in [-0.1, -0.05) is 34.6 Å². The minimum absolute atomic E-state index is 0.109. The summed E-state index contributed by atoms with van der Waals surface area (Å²) in [5.74, 6) is 0.504. The predicted molar refractivity (Wildman–Crippen MR) is 82.6 cm³/mol. The average Bonchev–Trinajstić information content (AvgIpc) is 2.62. The summed E-state index contributed by atoms with van der Waals surface area (Å²) < 4.78 is 0. The number of aromatic nitrogens is 1. The molecule has 0 saturated heterocycles. The normalized spacial score (nSPS) is 15.8. The Balaban J connectivity index is 2.43. The summed E-state index contributed by atoms with van der Waals surface area (Å²) in [5, 5.41) is 16.7. The molecule has 1 atom stereocenters. The summed E-state index contributed by atoms with van der Waals surface area (Å²) in [6, 6.07) is 0. The highest BCUT2D eigenvalue weighted by molar-refractivity contribution is 7.09. The molecule has 19 heavy (non-hydrogen) atoms. The molecule has 1 rings (SSSR count). The molecule has 1 aromatic heterocycles. The van der Waals surface area contributed by atoms with Crippen molar-refractivity contribution < 1.29 is 5.11 Å². The Kier molecular flexibility index (Phi) is 5.53. The first-order valence-electron chi connectivity index (χ1n) is 6.98. The number of hydrogen-bond acceptors (Lipinski definition) is 4. The first-order valence-corrected chi connectivity index (χ1v) is 7.86. The van der Waals surface area contributed by atoms with Crippen LogP contribution in [0.4, 0.5) is 0 Å². The summed E-state index contributed by atoms with van der Waals surface area (Å²) >= 11 is 1.69. The third-order valence-electron chi connectivity index (χ3n) is 2.95. The van der Waals surface area contributed by atoms with Gasteiger partial charge in [-0.15, -0.1) is 11.3 Å². The van der Waals surface area contributed by atoms with E-state index in [0.29, 0.717) is 12.5 Å². The van der Waals surface area contributed by atoms with Crippen LogP contribution in [0, 0.1) is 5.92 Å². The van der Waals surface area contributed by atoms with E-state index in [4.69, 9.17) is 0 Å². The van der Waals surface area contributed by atoms with Gasteiger partial charge in [0.2, 0.25) is 0 Å². The number of hydrogen-bond donors (Lipinski definition) is 2. The molecule has 3 nitrogen and oxygen atoms in total. The molecule has 2 N–H and O–H groups in total. The average molecular weight is 284 g/mol. The van der Waals surface area contributed by atoms with Gasteiger partial charge in [0.05, 0.1) is 11.3 Å². The van der Waals surface area contributed by atoms with Gasteiger partial charge in [0.25, 0.3) is 0 Å². The van der Waals surface area contributed by atoms with E-state index in [1.54, 1.807) is 11.3 Å². The molecule has 0 bridgehead atoms. The summed E-state index contributed by atoms with van der Waals surface area (Å²) in [4.78, 5) is 4.64. The smallest absolute Gasteiger partial charge is 0.107 e. The first kappa shape index (κ1) is 16.6. The minimum atomic E-state index is -0.641. The highest BCUT2D eigenvalue weighted by Gasteiger charge is 2.22. The lowest BCUT2D eigenvalue weighted by Crippen LogP contribution is -2.38. The van der Waals surface area contributed by atoms with Crippen LogP contribution in [0.1, 0.15) is 58.7 Å². The van der Waals surface area contributed by atoms with Gasteiger partial charge < -0.3 is 10.4 Å². The maximum absolute atomic E-state index is 10.2. The van der Waals surface area contributed by atoms with Crippen molar-refractivity contribution in [3.8, 4) is 0 Å². The molecule has 4 heteroatoms. The van der Waals surface area contributed by atoms with Crippen molar-refractivity contribution in [2.24, 2.45) is 5.92 Å². The van der Waals surface area contributed by atoms with Gasteiger partial charge in [0, 0.05) is 23.9 Å². The zero-order valence-corrected chi connectivity index (χ0v) is 13.9. The Morgan fingerprint density at radius 1 is 1.32 bits per heavy atom. The van der Waals surface area contributed by atoms with Crippen LogP contribution in [0.25, 0.3) is 0 Å². The lowest BCUT2D eigenvalue weighted by atomic mass is 9.93. The third kappa shape index (κ3) is 6.02. The van der Waals surface area contributed by atoms with Gasteiger partial charge in [-0.05, 0) is 19.3 Å². The topological polar surface area (TPSA) is 45.1 Å². The quantitative estimate of drug-likeness (QED) is 0.842. The maximum Gasteiger partial charge on any atom is 0.107 e. The molecular weight excluding hydrogens is 256 g/mol. The van der Waals surface area contributed by atoms with E-state index in [2.05, 4.69) is 50.3 Å². The fourth-order valence-electron chi connectivity index (χ4n) is 2.13. The van der Waals surface area contributed by atoms with Crippen molar-refractivity contribution in [2.75, 3.05) is 6.54 Å². The van der Waals surface area contributed by atoms with Crippen LogP contribution >= 0.6 is 11.3 Å². The van der Waals surface area contributed by atoms with E-state index < -0.39 is 5.60 Å². The SMILES string of the molecule is CC(C)CC(C)(O)CNCc1nc(C(C)(C)C)cs1. The molecule has 0 aliphatic carbocycles. The Hall–Kier alpha value is -0.450. The summed E-state index contributed by atoms with van der Waals surface area (Å²) in [7, 11) is 0. The van der Waals surface area contributed by atoms with Crippen LogP contribution in [0.5, 0.6) is 0 Å². The van der Waals surface area contributed by atoms with Crippen LogP contribution < -0.4 is 5.32 Å². The summed E-state index contributed by atoms with van der Waals surface area (Å²) in [6.07, 6.45) is 0.811. The molecule has 0 aliphatic rings. The second-order valence-electron chi connectivity index (χ2n) is 7.07. The Bertz CT molecular complexity index is 391. The molecule has 0 amide bonds. The second kappa shape index (κ2) is 6.33. The second-order valence-corrected chi connectivity index (χ2v) is 8.02. The molecule has 0 aromatic carbocycles. The zero-order chi connectivity index (χ0) is 14.7. The number of thiazole rings is 1. The maximum atomic E-state index is 10.2. The number of nitrogens with zero attached hydrogens (tertiary/aromatic N) is 1. The fraction of sp³-hybridized carbons (Fsp3) is 0.800. The molecule has 0 spiro atoms. The van der Waals surface area contributed by atoms with Gasteiger partial charge in [-0.25, -0.2) is 4.98 Å². The first-order chi connectivity index (χ1) is 8.60. The van der Waals surface area contributed by atoms with Crippen LogP contribution in [0.2, 0.25) is 0 Å². The molecule has 0 fully saturated rings. The predicted octanol–water partition coefficient (Wildman–Crippen LogP) is 3.33. The van der Waals surface area contributed by atoms with Gasteiger partial charge in [-0.2, -0.15) is 0 Å². The van der Waals surface area contributed by atoms with Crippen molar-refractivity contribution >= 4 is 11.3 Å². The fourth-order valence-corrected chi connectivity index (χ4v) is 3.12. The van der Waals surface area contributed by atoms with Crippen LogP contribution in [-0.2, 0) is 12.0 Å². The zero-order valence-electron chi connectivity index (χ0n) is 13.1. The highest BCUT2D eigenvalue weighted by atomic mass is 32.1. The van der Waals surface area contributed by atoms with Gasteiger partial charge >= 0.3 is 0 Å². The number of rotatable bonds is 6. The monoisotopic (exact) mass is 284 g/mol. The summed E-state index contributed by atoms with van der Waals surface area (Å²) in [6.45, 7) is 14.0. The van der Waals surface area contributed by atoms with Gasteiger partial charge in [0.1, 0.15) is 5.01 Å². The van der Waals surface area contributed by atoms with Crippen LogP contribution in [-0.4, -0.2) is 22.2 Å². The largest absolute Gasteiger partial charge is 0.389 e. The van der Waals surface area contributed by atoms with Crippen LogP contribution in [0.15, 0.2) is 5.38 Å². The lowest BCUT2D eigenvalue weighted by molar-refractivity contribution is 0.0383. The Labute approximate surface area is 121 Å². The molecule has 0 radical (unpaired) electrons. The number of nitrogens with one attached hydrogen (secondary N) is 1. The Morgan fingerprint density at radius 2 is 1.95 bits per heavy atom. The van der Waals surface area contributed by atoms with Crippen LogP contribution in [0.3, 0.4) is 0 Å². The number of aliphatic hydroxyl groups is 1.